The minimum absolute atomic E-state index is 0.182. The predicted molar refractivity (Wildman–Crippen MR) is 109 cm³/mol. The lowest BCUT2D eigenvalue weighted by Gasteiger charge is -2.07. The van der Waals surface area contributed by atoms with Gasteiger partial charge in [-0.25, -0.2) is 9.97 Å². The van der Waals surface area contributed by atoms with Gasteiger partial charge in [-0.1, -0.05) is 11.3 Å². The highest BCUT2D eigenvalue weighted by molar-refractivity contribution is 7.18. The lowest BCUT2D eigenvalue weighted by molar-refractivity contribution is 0.0958. The fraction of sp³-hybridized carbons (Fsp3) is 0.235. The minimum Gasteiger partial charge on any atom is -0.481 e. The number of ether oxygens (including phenoxy) is 1. The van der Waals surface area contributed by atoms with Gasteiger partial charge in [0.25, 0.3) is 11.8 Å². The number of hydrogen-bond acceptors (Lipinski definition) is 9. The molecule has 3 heterocycles. The van der Waals surface area contributed by atoms with Crippen molar-refractivity contribution in [1.29, 1.82) is 0 Å². The summed E-state index contributed by atoms with van der Waals surface area (Å²) in [6.07, 6.45) is 3.01. The van der Waals surface area contributed by atoms with Crippen LogP contribution < -0.4 is 20.7 Å². The summed E-state index contributed by atoms with van der Waals surface area (Å²) in [5.74, 6) is -0.0415. The summed E-state index contributed by atoms with van der Waals surface area (Å²) in [6.45, 7) is 4.14. The van der Waals surface area contributed by atoms with Gasteiger partial charge in [0.05, 0.1) is 36.4 Å². The van der Waals surface area contributed by atoms with E-state index in [-0.39, 0.29) is 11.8 Å². The molecule has 0 radical (unpaired) electrons. The Hall–Kier alpha value is -3.05. The summed E-state index contributed by atoms with van der Waals surface area (Å²) in [4.78, 5) is 33.4. The van der Waals surface area contributed by atoms with Gasteiger partial charge in [0, 0.05) is 12.6 Å². The standard InChI is InChI=1S/C17H18N6O3S2/c1-4-18-14(24)11-8-20-17(27-11)22-16-13(9(2)23-28-16)15(25)21-10-5-6-12(26-3)19-7-10/h5-8H,4H2,1-3H3,(H,18,24)(H,20,22)(H,21,25). The summed E-state index contributed by atoms with van der Waals surface area (Å²) in [5, 5.41) is 9.65. The molecule has 0 spiro atoms. The Morgan fingerprint density at radius 3 is 2.68 bits per heavy atom. The van der Waals surface area contributed by atoms with Crippen LogP contribution in [0, 0.1) is 6.92 Å². The van der Waals surface area contributed by atoms with Crippen LogP contribution >= 0.6 is 22.9 Å². The van der Waals surface area contributed by atoms with Crippen molar-refractivity contribution >= 4 is 50.5 Å². The number of rotatable bonds is 7. The number of anilines is 3. The Kier molecular flexibility index (Phi) is 6.16. The van der Waals surface area contributed by atoms with Crippen LogP contribution in [0.4, 0.5) is 15.8 Å². The first-order valence-electron chi connectivity index (χ1n) is 8.30. The molecule has 146 valence electrons. The molecule has 3 rings (SSSR count). The molecular formula is C17H18N6O3S2. The maximum absolute atomic E-state index is 12.7. The van der Waals surface area contributed by atoms with Crippen LogP contribution in [0.1, 0.15) is 32.6 Å². The number of carbonyl (C=O) groups is 2. The second-order valence-corrected chi connectivity index (χ2v) is 7.33. The Morgan fingerprint density at radius 1 is 1.18 bits per heavy atom. The number of nitrogens with one attached hydrogen (secondary N) is 3. The van der Waals surface area contributed by atoms with Crippen LogP contribution in [0.3, 0.4) is 0 Å². The first-order chi connectivity index (χ1) is 13.5. The normalized spacial score (nSPS) is 10.4. The van der Waals surface area contributed by atoms with E-state index in [4.69, 9.17) is 4.74 Å². The molecule has 28 heavy (non-hydrogen) atoms. The second-order valence-electron chi connectivity index (χ2n) is 5.53. The van der Waals surface area contributed by atoms with E-state index < -0.39 is 0 Å². The Balaban J connectivity index is 1.75. The average molecular weight is 419 g/mol. The van der Waals surface area contributed by atoms with E-state index in [9.17, 15) is 9.59 Å². The Bertz CT molecular complexity index is 983. The molecule has 0 bridgehead atoms. The maximum atomic E-state index is 12.7. The number of carbonyl (C=O) groups excluding carboxylic acids is 2. The molecule has 2 amide bonds. The molecule has 0 saturated heterocycles. The van der Waals surface area contributed by atoms with Gasteiger partial charge in [0.1, 0.15) is 9.88 Å². The van der Waals surface area contributed by atoms with Crippen molar-refractivity contribution < 1.29 is 14.3 Å². The van der Waals surface area contributed by atoms with Crippen LogP contribution in [0.15, 0.2) is 24.5 Å². The van der Waals surface area contributed by atoms with Crippen molar-refractivity contribution in [3.63, 3.8) is 0 Å². The zero-order valence-electron chi connectivity index (χ0n) is 15.4. The number of hydrogen-bond donors (Lipinski definition) is 3. The molecule has 0 aromatic carbocycles. The van der Waals surface area contributed by atoms with Crippen molar-refractivity contribution in [3.05, 3.63) is 40.7 Å². The number of nitrogens with zero attached hydrogens (tertiary/aromatic N) is 3. The van der Waals surface area contributed by atoms with Crippen molar-refractivity contribution in [1.82, 2.24) is 19.7 Å². The quantitative estimate of drug-likeness (QED) is 0.540. The Morgan fingerprint density at radius 2 is 2.00 bits per heavy atom. The van der Waals surface area contributed by atoms with E-state index >= 15 is 0 Å². The van der Waals surface area contributed by atoms with Crippen molar-refractivity contribution in [2.24, 2.45) is 0 Å². The fourth-order valence-electron chi connectivity index (χ4n) is 2.27. The first-order valence-corrected chi connectivity index (χ1v) is 9.89. The molecular weight excluding hydrogens is 400 g/mol. The topological polar surface area (TPSA) is 118 Å². The van der Waals surface area contributed by atoms with Crippen LogP contribution in [-0.4, -0.2) is 39.8 Å². The number of methoxy groups -OCH3 is 1. The van der Waals surface area contributed by atoms with Crippen LogP contribution in [0.2, 0.25) is 0 Å². The van der Waals surface area contributed by atoms with E-state index in [0.29, 0.717) is 44.4 Å². The third kappa shape index (κ3) is 4.43. The SMILES string of the molecule is CCNC(=O)c1cnc(Nc2snc(C)c2C(=O)Nc2ccc(OC)nc2)s1. The highest BCUT2D eigenvalue weighted by Crippen LogP contribution is 2.30. The minimum atomic E-state index is -0.318. The van der Waals surface area contributed by atoms with Crippen LogP contribution in [-0.2, 0) is 0 Å². The third-order valence-corrected chi connectivity index (χ3v) is 5.35. The molecule has 3 aromatic rings. The number of thiazole rings is 1. The van der Waals surface area contributed by atoms with E-state index in [1.54, 1.807) is 19.1 Å². The molecule has 0 atom stereocenters. The third-order valence-electron chi connectivity index (χ3n) is 3.58. The van der Waals surface area contributed by atoms with Crippen LogP contribution in [0.5, 0.6) is 5.88 Å². The monoisotopic (exact) mass is 418 g/mol. The van der Waals surface area contributed by atoms with Gasteiger partial charge in [0.2, 0.25) is 5.88 Å². The Labute approximate surface area is 169 Å². The highest BCUT2D eigenvalue weighted by atomic mass is 32.1. The average Bonchev–Trinajstić information content (AvgIpc) is 3.30. The van der Waals surface area contributed by atoms with Crippen molar-refractivity contribution in [2.45, 2.75) is 13.8 Å². The first kappa shape index (κ1) is 19.7. The van der Waals surface area contributed by atoms with Gasteiger partial charge in [-0.3, -0.25) is 9.59 Å². The zero-order chi connectivity index (χ0) is 20.1. The van der Waals surface area contributed by atoms with E-state index in [1.165, 1.54) is 30.8 Å². The van der Waals surface area contributed by atoms with Gasteiger partial charge in [-0.15, -0.1) is 0 Å². The molecule has 0 aliphatic rings. The maximum Gasteiger partial charge on any atom is 0.263 e. The van der Waals surface area contributed by atoms with Crippen molar-refractivity contribution in [3.8, 4) is 5.88 Å². The summed E-state index contributed by atoms with van der Waals surface area (Å²) in [5.41, 5.74) is 1.54. The molecule has 0 saturated carbocycles. The molecule has 9 nitrogen and oxygen atoms in total. The molecule has 0 aliphatic heterocycles. The molecule has 0 aliphatic carbocycles. The lowest BCUT2D eigenvalue weighted by Crippen LogP contribution is -2.21. The smallest absolute Gasteiger partial charge is 0.263 e. The number of amides is 2. The highest BCUT2D eigenvalue weighted by Gasteiger charge is 2.20. The summed E-state index contributed by atoms with van der Waals surface area (Å²) >= 11 is 2.35. The number of aromatic nitrogens is 3. The van der Waals surface area contributed by atoms with E-state index in [0.717, 1.165) is 11.5 Å². The molecule has 11 heteroatoms. The summed E-state index contributed by atoms with van der Waals surface area (Å²) in [6, 6.07) is 3.36. The molecule has 3 aromatic heterocycles. The molecule has 3 N–H and O–H groups in total. The molecule has 0 unspecified atom stereocenters. The molecule has 0 fully saturated rings. The number of pyridine rings is 1. The number of aryl methyl sites for hydroxylation is 1. The van der Waals surface area contributed by atoms with Gasteiger partial charge in [0.15, 0.2) is 5.13 Å². The van der Waals surface area contributed by atoms with Gasteiger partial charge < -0.3 is 20.7 Å². The van der Waals surface area contributed by atoms with Gasteiger partial charge in [-0.2, -0.15) is 4.37 Å². The van der Waals surface area contributed by atoms with Gasteiger partial charge >= 0.3 is 0 Å². The predicted octanol–water partition coefficient (Wildman–Crippen LogP) is 3.06. The van der Waals surface area contributed by atoms with Crippen LogP contribution in [0.25, 0.3) is 0 Å². The van der Waals surface area contributed by atoms with E-state index in [1.807, 2.05) is 6.92 Å². The van der Waals surface area contributed by atoms with Gasteiger partial charge in [-0.05, 0) is 31.4 Å². The second kappa shape index (κ2) is 8.76. The van der Waals surface area contributed by atoms with E-state index in [2.05, 4.69) is 30.3 Å². The van der Waals surface area contributed by atoms with Crippen molar-refractivity contribution in [2.75, 3.05) is 24.3 Å². The zero-order valence-corrected chi connectivity index (χ0v) is 17.0. The largest absolute Gasteiger partial charge is 0.481 e. The fourth-order valence-corrected chi connectivity index (χ4v) is 3.87. The lowest BCUT2D eigenvalue weighted by atomic mass is 10.2. The summed E-state index contributed by atoms with van der Waals surface area (Å²) in [7, 11) is 1.52. The summed E-state index contributed by atoms with van der Waals surface area (Å²) < 4.78 is 9.26.